The Bertz CT molecular complexity index is 903. The number of nitrogens with zero attached hydrogens (tertiary/aromatic N) is 1. The highest BCUT2D eigenvalue weighted by atomic mass is 35.5. The monoisotopic (exact) mass is 405 g/mol. The van der Waals surface area contributed by atoms with Crippen LogP contribution in [0.15, 0.2) is 48.5 Å². The van der Waals surface area contributed by atoms with E-state index in [4.69, 9.17) is 16.3 Å². The second-order valence-corrected chi connectivity index (χ2v) is 6.05. The number of esters is 1. The molecule has 0 aromatic heterocycles. The molecule has 28 heavy (non-hydrogen) atoms. The van der Waals surface area contributed by atoms with Gasteiger partial charge in [0.1, 0.15) is 6.04 Å². The van der Waals surface area contributed by atoms with Gasteiger partial charge in [0, 0.05) is 17.7 Å². The van der Waals surface area contributed by atoms with E-state index in [-0.39, 0.29) is 16.4 Å². The largest absolute Gasteiger partial charge is 0.454 e. The molecule has 0 radical (unpaired) electrons. The Kier molecular flexibility index (Phi) is 7.05. The van der Waals surface area contributed by atoms with Crippen LogP contribution in [0.3, 0.4) is 0 Å². The maximum absolute atomic E-state index is 12.0. The highest BCUT2D eigenvalue weighted by Gasteiger charge is 2.19. The van der Waals surface area contributed by atoms with Crippen molar-refractivity contribution in [1.29, 1.82) is 0 Å². The van der Waals surface area contributed by atoms with Gasteiger partial charge in [-0.3, -0.25) is 19.7 Å². The number of carbonyl (C=O) groups is 3. The van der Waals surface area contributed by atoms with E-state index >= 15 is 0 Å². The average molecular weight is 406 g/mol. The number of non-ortho nitro benzene ring substituents is 1. The van der Waals surface area contributed by atoms with Gasteiger partial charge in [-0.25, -0.2) is 4.79 Å². The minimum atomic E-state index is -0.969. The molecule has 2 amide bonds. The molecule has 0 bridgehead atoms. The smallest absolute Gasteiger partial charge is 0.328 e. The number of carbonyl (C=O) groups excluding carboxylic acids is 3. The van der Waals surface area contributed by atoms with Crippen LogP contribution in [-0.2, 0) is 14.3 Å². The third kappa shape index (κ3) is 5.78. The van der Waals surface area contributed by atoms with Crippen LogP contribution in [0.4, 0.5) is 11.4 Å². The fraction of sp³-hybridized carbons (Fsp3) is 0.167. The summed E-state index contributed by atoms with van der Waals surface area (Å²) in [6.07, 6.45) is 0. The van der Waals surface area contributed by atoms with E-state index in [0.29, 0.717) is 5.56 Å². The highest BCUT2D eigenvalue weighted by molar-refractivity contribution is 6.34. The summed E-state index contributed by atoms with van der Waals surface area (Å²) in [5, 5.41) is 15.5. The van der Waals surface area contributed by atoms with Crippen molar-refractivity contribution >= 4 is 40.8 Å². The first-order chi connectivity index (χ1) is 13.3. The summed E-state index contributed by atoms with van der Waals surface area (Å²) in [4.78, 5) is 45.9. The van der Waals surface area contributed by atoms with E-state index in [2.05, 4.69) is 10.6 Å². The van der Waals surface area contributed by atoms with E-state index in [1.54, 1.807) is 30.3 Å². The lowest BCUT2D eigenvalue weighted by molar-refractivity contribution is -0.384. The van der Waals surface area contributed by atoms with Crippen LogP contribution < -0.4 is 10.6 Å². The van der Waals surface area contributed by atoms with Crippen LogP contribution >= 0.6 is 11.6 Å². The van der Waals surface area contributed by atoms with E-state index < -0.39 is 35.4 Å². The molecule has 0 saturated carbocycles. The van der Waals surface area contributed by atoms with Crippen LogP contribution in [0.2, 0.25) is 5.02 Å². The standard InChI is InChI=1S/C18H16ClN3O6/c1-11(20-17(24)12-5-3-2-4-6-12)18(25)28-10-16(23)21-15-8-7-13(22(26)27)9-14(15)19/h2-9,11H,10H2,1H3,(H,20,24)(H,21,23)/t11-/m0/s1. The molecule has 0 unspecified atom stereocenters. The number of nitrogens with one attached hydrogen (secondary N) is 2. The molecule has 0 aliphatic heterocycles. The third-order valence-electron chi connectivity index (χ3n) is 3.52. The van der Waals surface area contributed by atoms with Crippen molar-refractivity contribution in [2.24, 2.45) is 0 Å². The summed E-state index contributed by atoms with van der Waals surface area (Å²) in [5.41, 5.74) is 0.295. The lowest BCUT2D eigenvalue weighted by atomic mass is 10.2. The number of amides is 2. The molecule has 2 aromatic rings. The normalized spacial score (nSPS) is 11.2. The zero-order valence-corrected chi connectivity index (χ0v) is 15.4. The summed E-state index contributed by atoms with van der Waals surface area (Å²) in [5.74, 6) is -1.94. The van der Waals surface area contributed by atoms with Crippen molar-refractivity contribution in [1.82, 2.24) is 5.32 Å². The quantitative estimate of drug-likeness (QED) is 0.414. The van der Waals surface area contributed by atoms with Gasteiger partial charge < -0.3 is 15.4 Å². The molecule has 0 saturated heterocycles. The van der Waals surface area contributed by atoms with Crippen molar-refractivity contribution in [3.05, 3.63) is 69.2 Å². The maximum atomic E-state index is 12.0. The summed E-state index contributed by atoms with van der Waals surface area (Å²) in [7, 11) is 0. The Balaban J connectivity index is 1.84. The number of nitro benzene ring substituents is 1. The predicted molar refractivity (Wildman–Crippen MR) is 101 cm³/mol. The lowest BCUT2D eigenvalue weighted by Crippen LogP contribution is -2.40. The molecule has 0 fully saturated rings. The Morgan fingerprint density at radius 1 is 1.18 bits per heavy atom. The Hall–Kier alpha value is -3.46. The van der Waals surface area contributed by atoms with Gasteiger partial charge >= 0.3 is 5.97 Å². The topological polar surface area (TPSA) is 128 Å². The molecular formula is C18H16ClN3O6. The fourth-order valence-electron chi connectivity index (χ4n) is 2.10. The van der Waals surface area contributed by atoms with Crippen molar-refractivity contribution in [2.75, 3.05) is 11.9 Å². The minimum Gasteiger partial charge on any atom is -0.454 e. The zero-order valence-electron chi connectivity index (χ0n) is 14.7. The van der Waals surface area contributed by atoms with Crippen molar-refractivity contribution < 1.29 is 24.0 Å². The van der Waals surface area contributed by atoms with Gasteiger partial charge in [-0.05, 0) is 25.1 Å². The molecule has 9 nitrogen and oxygen atoms in total. The fourth-order valence-corrected chi connectivity index (χ4v) is 2.32. The Morgan fingerprint density at radius 2 is 1.86 bits per heavy atom. The van der Waals surface area contributed by atoms with Gasteiger partial charge in [-0.2, -0.15) is 0 Å². The molecule has 2 N–H and O–H groups in total. The van der Waals surface area contributed by atoms with Crippen LogP contribution in [0.5, 0.6) is 0 Å². The van der Waals surface area contributed by atoms with Crippen molar-refractivity contribution in [3.8, 4) is 0 Å². The number of hydrogen-bond donors (Lipinski definition) is 2. The Labute approximate surface area is 164 Å². The van der Waals surface area contributed by atoms with Crippen LogP contribution in [0, 0.1) is 10.1 Å². The second-order valence-electron chi connectivity index (χ2n) is 5.64. The van der Waals surface area contributed by atoms with E-state index in [1.165, 1.54) is 19.1 Å². The molecule has 146 valence electrons. The van der Waals surface area contributed by atoms with Crippen LogP contribution in [0.25, 0.3) is 0 Å². The number of hydrogen-bond acceptors (Lipinski definition) is 6. The van der Waals surface area contributed by atoms with Crippen LogP contribution in [-0.4, -0.2) is 35.4 Å². The van der Waals surface area contributed by atoms with Gasteiger partial charge in [-0.1, -0.05) is 29.8 Å². The van der Waals surface area contributed by atoms with E-state index in [1.807, 2.05) is 0 Å². The molecule has 0 aliphatic rings. The second kappa shape index (κ2) is 9.47. The third-order valence-corrected chi connectivity index (χ3v) is 3.83. The first kappa shape index (κ1) is 20.8. The molecular weight excluding hydrogens is 390 g/mol. The Morgan fingerprint density at radius 3 is 2.46 bits per heavy atom. The number of anilines is 1. The first-order valence-electron chi connectivity index (χ1n) is 8.04. The number of nitro groups is 1. The molecule has 0 aliphatic carbocycles. The van der Waals surface area contributed by atoms with E-state index in [0.717, 1.165) is 6.07 Å². The SMILES string of the molecule is C[C@H](NC(=O)c1ccccc1)C(=O)OCC(=O)Nc1ccc([N+](=O)[O-])cc1Cl. The number of ether oxygens (including phenoxy) is 1. The molecule has 2 rings (SSSR count). The first-order valence-corrected chi connectivity index (χ1v) is 8.42. The summed E-state index contributed by atoms with van der Waals surface area (Å²) in [6.45, 7) is 0.811. The van der Waals surface area contributed by atoms with Crippen molar-refractivity contribution in [3.63, 3.8) is 0 Å². The van der Waals surface area contributed by atoms with Gasteiger partial charge in [0.2, 0.25) is 0 Å². The predicted octanol–water partition coefficient (Wildman–Crippen LogP) is 2.55. The lowest BCUT2D eigenvalue weighted by Gasteiger charge is -2.13. The average Bonchev–Trinajstić information content (AvgIpc) is 2.68. The van der Waals surface area contributed by atoms with Gasteiger partial charge in [-0.15, -0.1) is 0 Å². The summed E-state index contributed by atoms with van der Waals surface area (Å²) >= 11 is 5.87. The highest BCUT2D eigenvalue weighted by Crippen LogP contribution is 2.26. The van der Waals surface area contributed by atoms with Crippen LogP contribution in [0.1, 0.15) is 17.3 Å². The van der Waals surface area contributed by atoms with Crippen molar-refractivity contribution in [2.45, 2.75) is 13.0 Å². The van der Waals surface area contributed by atoms with E-state index in [9.17, 15) is 24.5 Å². The minimum absolute atomic E-state index is 0.0302. The number of halogens is 1. The number of benzene rings is 2. The summed E-state index contributed by atoms with van der Waals surface area (Å²) in [6, 6.07) is 10.9. The maximum Gasteiger partial charge on any atom is 0.328 e. The molecule has 10 heteroatoms. The molecule has 0 heterocycles. The van der Waals surface area contributed by atoms with Gasteiger partial charge in [0.25, 0.3) is 17.5 Å². The molecule has 1 atom stereocenters. The van der Waals surface area contributed by atoms with Gasteiger partial charge in [0.05, 0.1) is 15.6 Å². The summed E-state index contributed by atoms with van der Waals surface area (Å²) < 4.78 is 4.86. The molecule has 0 spiro atoms. The molecule has 2 aromatic carbocycles. The number of rotatable bonds is 7. The van der Waals surface area contributed by atoms with Gasteiger partial charge in [0.15, 0.2) is 6.61 Å². The zero-order chi connectivity index (χ0) is 20.7.